The molecule has 182 valence electrons. The molecule has 0 radical (unpaired) electrons. The van der Waals surface area contributed by atoms with Gasteiger partial charge in [0.2, 0.25) is 0 Å². The lowest BCUT2D eigenvalue weighted by atomic mass is 9.95. The second-order valence-electron chi connectivity index (χ2n) is 8.92. The summed E-state index contributed by atoms with van der Waals surface area (Å²) >= 11 is 1.35. The van der Waals surface area contributed by atoms with Gasteiger partial charge < -0.3 is 9.84 Å². The summed E-state index contributed by atoms with van der Waals surface area (Å²) in [4.78, 5) is 33.0. The molecule has 1 unspecified atom stereocenters. The number of benzene rings is 3. The van der Waals surface area contributed by atoms with Crippen LogP contribution in [0, 0.1) is 13.8 Å². The van der Waals surface area contributed by atoms with Gasteiger partial charge in [0.15, 0.2) is 5.13 Å². The number of anilines is 1. The third kappa shape index (κ3) is 4.27. The zero-order chi connectivity index (χ0) is 25.4. The number of hydrogen-bond donors (Lipinski definition) is 1. The van der Waals surface area contributed by atoms with E-state index in [4.69, 9.17) is 4.74 Å². The summed E-state index contributed by atoms with van der Waals surface area (Å²) in [6, 6.07) is 19.6. The Morgan fingerprint density at radius 2 is 1.78 bits per heavy atom. The van der Waals surface area contributed by atoms with Gasteiger partial charge in [-0.15, -0.1) is 0 Å². The first-order chi connectivity index (χ1) is 17.4. The van der Waals surface area contributed by atoms with Crippen molar-refractivity contribution in [2.24, 2.45) is 0 Å². The highest BCUT2D eigenvalue weighted by molar-refractivity contribution is 7.22. The lowest BCUT2D eigenvalue weighted by molar-refractivity contribution is -0.132. The number of aliphatic hydroxyl groups excluding tert-OH is 1. The number of aromatic nitrogens is 1. The van der Waals surface area contributed by atoms with Crippen molar-refractivity contribution in [3.05, 3.63) is 94.6 Å². The van der Waals surface area contributed by atoms with Crippen LogP contribution in [0.25, 0.3) is 16.0 Å². The first-order valence-electron chi connectivity index (χ1n) is 11.9. The Morgan fingerprint density at radius 1 is 1.03 bits per heavy atom. The predicted octanol–water partition coefficient (Wildman–Crippen LogP) is 6.33. The zero-order valence-electron chi connectivity index (χ0n) is 20.3. The molecular formula is C29H26N2O4S. The Labute approximate surface area is 213 Å². The summed E-state index contributed by atoms with van der Waals surface area (Å²) in [6.45, 7) is 6.51. The van der Waals surface area contributed by atoms with Gasteiger partial charge in [0, 0.05) is 5.56 Å². The number of ketones is 1. The van der Waals surface area contributed by atoms with E-state index in [1.807, 2.05) is 75.4 Å². The molecule has 2 heterocycles. The van der Waals surface area contributed by atoms with Crippen molar-refractivity contribution in [3.8, 4) is 5.75 Å². The van der Waals surface area contributed by atoms with Crippen LogP contribution in [0.2, 0.25) is 0 Å². The van der Waals surface area contributed by atoms with Gasteiger partial charge in [-0.25, -0.2) is 4.98 Å². The van der Waals surface area contributed by atoms with Crippen molar-refractivity contribution in [3.63, 3.8) is 0 Å². The van der Waals surface area contributed by atoms with E-state index < -0.39 is 17.7 Å². The molecule has 1 aromatic heterocycles. The van der Waals surface area contributed by atoms with Crippen LogP contribution in [0.4, 0.5) is 5.13 Å². The topological polar surface area (TPSA) is 79.7 Å². The van der Waals surface area contributed by atoms with Gasteiger partial charge in [0.1, 0.15) is 11.5 Å². The molecule has 0 spiro atoms. The van der Waals surface area contributed by atoms with Crippen LogP contribution in [0.5, 0.6) is 5.75 Å². The monoisotopic (exact) mass is 498 g/mol. The minimum atomic E-state index is -0.849. The number of thiazole rings is 1. The van der Waals surface area contributed by atoms with Crippen LogP contribution in [-0.4, -0.2) is 28.4 Å². The van der Waals surface area contributed by atoms with Crippen LogP contribution in [0.1, 0.15) is 41.6 Å². The molecular weight excluding hydrogens is 472 g/mol. The molecule has 1 N–H and O–H groups in total. The smallest absolute Gasteiger partial charge is 0.301 e. The number of Topliss-reactive ketones (excluding diaryl/α,β-unsaturated/α-hetero) is 1. The molecule has 1 aliphatic rings. The number of amides is 1. The van der Waals surface area contributed by atoms with E-state index in [9.17, 15) is 14.7 Å². The molecule has 1 aliphatic heterocycles. The number of fused-ring (bicyclic) bond motifs is 1. The van der Waals surface area contributed by atoms with Gasteiger partial charge in [0.05, 0.1) is 28.4 Å². The Morgan fingerprint density at radius 3 is 2.53 bits per heavy atom. The van der Waals surface area contributed by atoms with E-state index >= 15 is 0 Å². The van der Waals surface area contributed by atoms with Gasteiger partial charge in [0.25, 0.3) is 5.78 Å². The van der Waals surface area contributed by atoms with Gasteiger partial charge in [-0.1, -0.05) is 66.3 Å². The number of aryl methyl sites for hydroxylation is 2. The Balaban J connectivity index is 1.70. The van der Waals surface area contributed by atoms with E-state index in [-0.39, 0.29) is 11.3 Å². The number of hydrogen-bond acceptors (Lipinski definition) is 6. The van der Waals surface area contributed by atoms with Gasteiger partial charge >= 0.3 is 5.91 Å². The molecule has 1 fully saturated rings. The maximum absolute atomic E-state index is 13.5. The molecule has 1 saturated heterocycles. The minimum absolute atomic E-state index is 0.0342. The summed E-state index contributed by atoms with van der Waals surface area (Å²) in [6.07, 6.45) is 0.848. The second-order valence-corrected chi connectivity index (χ2v) is 9.93. The quantitative estimate of drug-likeness (QED) is 0.191. The fourth-order valence-electron chi connectivity index (χ4n) is 4.33. The molecule has 3 aromatic carbocycles. The summed E-state index contributed by atoms with van der Waals surface area (Å²) < 4.78 is 6.75. The molecule has 0 bridgehead atoms. The van der Waals surface area contributed by atoms with Crippen molar-refractivity contribution in [1.82, 2.24) is 4.98 Å². The van der Waals surface area contributed by atoms with Crippen LogP contribution >= 0.6 is 11.3 Å². The number of rotatable bonds is 6. The first-order valence-corrected chi connectivity index (χ1v) is 12.7. The van der Waals surface area contributed by atoms with E-state index in [1.165, 1.54) is 16.2 Å². The maximum atomic E-state index is 13.5. The Kier molecular flexibility index (Phi) is 6.33. The third-order valence-corrected chi connectivity index (χ3v) is 7.17. The molecule has 0 aliphatic carbocycles. The number of carbonyl (C=O) groups is 2. The van der Waals surface area contributed by atoms with Crippen LogP contribution in [-0.2, 0) is 9.59 Å². The molecule has 1 amide bonds. The van der Waals surface area contributed by atoms with Crippen molar-refractivity contribution >= 4 is 44.1 Å². The molecule has 5 rings (SSSR count). The Bertz CT molecular complexity index is 1500. The average molecular weight is 499 g/mol. The minimum Gasteiger partial charge on any atom is -0.507 e. The van der Waals surface area contributed by atoms with Gasteiger partial charge in [-0.2, -0.15) is 0 Å². The molecule has 6 nitrogen and oxygen atoms in total. The maximum Gasteiger partial charge on any atom is 0.301 e. The van der Waals surface area contributed by atoms with Gasteiger partial charge in [-0.05, 0) is 55.7 Å². The number of ether oxygens (including phenoxy) is 1. The van der Waals surface area contributed by atoms with Crippen LogP contribution < -0.4 is 9.64 Å². The lowest BCUT2D eigenvalue weighted by Gasteiger charge is -2.23. The molecule has 36 heavy (non-hydrogen) atoms. The van der Waals surface area contributed by atoms with E-state index in [0.29, 0.717) is 28.6 Å². The molecule has 7 heteroatoms. The standard InChI is InChI=1S/C29H26N2O4S/c1-4-14-35-21-7-5-6-20(16-21)25-24(26(32)19-11-8-17(2)9-12-19)27(33)28(34)31(25)29-30-22-13-10-18(3)15-23(22)36-29/h5-13,15-16,25,32H,4,14H2,1-3H3/b26-24+. The summed E-state index contributed by atoms with van der Waals surface area (Å²) in [5, 5.41) is 11.7. The van der Waals surface area contributed by atoms with E-state index in [1.54, 1.807) is 12.1 Å². The SMILES string of the molecule is CCCOc1cccc(C2/C(=C(\O)c3ccc(C)cc3)C(=O)C(=O)N2c2nc3ccc(C)cc3s2)c1. The fraction of sp³-hybridized carbons (Fsp3) is 0.207. The van der Waals surface area contributed by atoms with Crippen molar-refractivity contribution in [2.45, 2.75) is 33.2 Å². The highest BCUT2D eigenvalue weighted by Gasteiger charge is 2.48. The van der Waals surface area contributed by atoms with Crippen molar-refractivity contribution < 1.29 is 19.4 Å². The lowest BCUT2D eigenvalue weighted by Crippen LogP contribution is -2.29. The number of aliphatic hydroxyl groups is 1. The van der Waals surface area contributed by atoms with E-state index in [2.05, 4.69) is 4.98 Å². The summed E-state index contributed by atoms with van der Waals surface area (Å²) in [7, 11) is 0. The highest BCUT2D eigenvalue weighted by Crippen LogP contribution is 2.45. The average Bonchev–Trinajstić information content (AvgIpc) is 3.40. The van der Waals surface area contributed by atoms with Crippen molar-refractivity contribution in [1.29, 1.82) is 0 Å². The first kappa shape index (κ1) is 23.8. The molecule has 0 saturated carbocycles. The van der Waals surface area contributed by atoms with Crippen molar-refractivity contribution in [2.75, 3.05) is 11.5 Å². The molecule has 1 atom stereocenters. The Hall–Kier alpha value is -3.97. The van der Waals surface area contributed by atoms with E-state index in [0.717, 1.165) is 27.8 Å². The zero-order valence-corrected chi connectivity index (χ0v) is 21.1. The number of carbonyl (C=O) groups excluding carboxylic acids is 2. The highest BCUT2D eigenvalue weighted by atomic mass is 32.1. The third-order valence-electron chi connectivity index (χ3n) is 6.15. The van der Waals surface area contributed by atoms with Crippen LogP contribution in [0.3, 0.4) is 0 Å². The summed E-state index contributed by atoms with van der Waals surface area (Å²) in [5.41, 5.74) is 4.02. The fourth-order valence-corrected chi connectivity index (χ4v) is 5.42. The van der Waals surface area contributed by atoms with Gasteiger partial charge in [-0.3, -0.25) is 14.5 Å². The second kappa shape index (κ2) is 9.59. The summed E-state index contributed by atoms with van der Waals surface area (Å²) in [5.74, 6) is -1.04. The number of nitrogens with zero attached hydrogens (tertiary/aromatic N) is 2. The normalized spacial score (nSPS) is 17.2. The predicted molar refractivity (Wildman–Crippen MR) is 143 cm³/mol. The molecule has 4 aromatic rings. The largest absolute Gasteiger partial charge is 0.507 e. The van der Waals surface area contributed by atoms with Crippen LogP contribution in [0.15, 0.2) is 72.3 Å².